The lowest BCUT2D eigenvalue weighted by Crippen LogP contribution is -2.49. The molecule has 0 radical (unpaired) electrons. The number of rotatable bonds is 3. The highest BCUT2D eigenvalue weighted by atomic mass is 16.2. The molecule has 3 nitrogen and oxygen atoms in total. The van der Waals surface area contributed by atoms with Gasteiger partial charge in [-0.2, -0.15) is 0 Å². The molecule has 2 aliphatic heterocycles. The minimum atomic E-state index is 0.151. The van der Waals surface area contributed by atoms with Crippen LogP contribution in [0.25, 0.3) is 0 Å². The highest BCUT2D eigenvalue weighted by molar-refractivity contribution is 5.77. The Balaban J connectivity index is 1.84. The first-order valence-electron chi connectivity index (χ1n) is 7.95. The molecule has 19 heavy (non-hydrogen) atoms. The van der Waals surface area contributed by atoms with Crippen LogP contribution in [0.4, 0.5) is 0 Å². The highest BCUT2D eigenvalue weighted by Crippen LogP contribution is 2.38. The third kappa shape index (κ3) is 3.71. The topological polar surface area (TPSA) is 32.3 Å². The molecular weight excluding hydrogens is 236 g/mol. The van der Waals surface area contributed by atoms with E-state index in [1.165, 1.54) is 32.2 Å². The first-order chi connectivity index (χ1) is 8.96. The Morgan fingerprint density at radius 2 is 1.95 bits per heavy atom. The van der Waals surface area contributed by atoms with Gasteiger partial charge in [0.2, 0.25) is 5.91 Å². The quantitative estimate of drug-likeness (QED) is 0.852. The largest absolute Gasteiger partial charge is 0.343 e. The van der Waals surface area contributed by atoms with Crippen LogP contribution in [-0.2, 0) is 4.79 Å². The molecule has 0 aromatic carbocycles. The minimum absolute atomic E-state index is 0.151. The van der Waals surface area contributed by atoms with Gasteiger partial charge in [-0.15, -0.1) is 0 Å². The first-order valence-corrected chi connectivity index (χ1v) is 7.95. The maximum absolute atomic E-state index is 12.4. The molecule has 0 bridgehead atoms. The summed E-state index contributed by atoms with van der Waals surface area (Å²) in [6.07, 6.45) is 6.81. The van der Waals surface area contributed by atoms with E-state index in [4.69, 9.17) is 0 Å². The van der Waals surface area contributed by atoms with E-state index in [1.54, 1.807) is 0 Å². The maximum Gasteiger partial charge on any atom is 0.223 e. The molecule has 0 aromatic rings. The fourth-order valence-corrected chi connectivity index (χ4v) is 3.33. The Morgan fingerprint density at radius 1 is 1.26 bits per heavy atom. The number of hydrogen-bond donors (Lipinski definition) is 1. The van der Waals surface area contributed by atoms with Gasteiger partial charge in [0.15, 0.2) is 0 Å². The van der Waals surface area contributed by atoms with E-state index in [-0.39, 0.29) is 5.41 Å². The van der Waals surface area contributed by atoms with Gasteiger partial charge in [0.25, 0.3) is 0 Å². The van der Waals surface area contributed by atoms with Crippen molar-refractivity contribution in [3.05, 3.63) is 0 Å². The number of piperidine rings is 2. The molecule has 3 heteroatoms. The molecule has 1 amide bonds. The molecule has 2 fully saturated rings. The summed E-state index contributed by atoms with van der Waals surface area (Å²) < 4.78 is 0. The van der Waals surface area contributed by atoms with Crippen LogP contribution in [0.5, 0.6) is 0 Å². The molecule has 0 aliphatic carbocycles. The predicted molar refractivity (Wildman–Crippen MR) is 79.0 cm³/mol. The summed E-state index contributed by atoms with van der Waals surface area (Å²) in [5.74, 6) is 0.366. The van der Waals surface area contributed by atoms with Gasteiger partial charge < -0.3 is 10.2 Å². The third-order valence-corrected chi connectivity index (χ3v) is 5.32. The molecule has 2 heterocycles. The Kier molecular flexibility index (Phi) is 4.54. The van der Waals surface area contributed by atoms with Gasteiger partial charge in [0.05, 0.1) is 0 Å². The summed E-state index contributed by atoms with van der Waals surface area (Å²) >= 11 is 0. The predicted octanol–water partition coefficient (Wildman–Crippen LogP) is 2.80. The molecule has 2 saturated heterocycles. The van der Waals surface area contributed by atoms with Gasteiger partial charge in [-0.05, 0) is 43.1 Å². The van der Waals surface area contributed by atoms with Crippen molar-refractivity contribution in [1.82, 2.24) is 10.2 Å². The van der Waals surface area contributed by atoms with E-state index in [0.717, 1.165) is 26.1 Å². The number of hydrogen-bond acceptors (Lipinski definition) is 2. The first kappa shape index (κ1) is 14.8. The number of amides is 1. The number of carbonyl (C=O) groups is 1. The SMILES string of the molecule is CCC(C)(C)CC(=O)N1CCC2(CCCNC2)CC1. The Bertz CT molecular complexity index is 309. The van der Waals surface area contributed by atoms with Gasteiger partial charge in [-0.3, -0.25) is 4.79 Å². The van der Waals surface area contributed by atoms with Crippen LogP contribution in [0.1, 0.15) is 59.3 Å². The van der Waals surface area contributed by atoms with Crippen LogP contribution in [0, 0.1) is 10.8 Å². The van der Waals surface area contributed by atoms with Gasteiger partial charge in [-0.25, -0.2) is 0 Å². The lowest BCUT2D eigenvalue weighted by atomic mass is 9.73. The summed E-state index contributed by atoms with van der Waals surface area (Å²) in [4.78, 5) is 14.5. The van der Waals surface area contributed by atoms with Crippen molar-refractivity contribution in [3.63, 3.8) is 0 Å². The lowest BCUT2D eigenvalue weighted by molar-refractivity contribution is -0.135. The smallest absolute Gasteiger partial charge is 0.223 e. The Hall–Kier alpha value is -0.570. The molecule has 110 valence electrons. The number of nitrogens with one attached hydrogen (secondary N) is 1. The van der Waals surface area contributed by atoms with Crippen LogP contribution < -0.4 is 5.32 Å². The molecule has 0 aromatic heterocycles. The lowest BCUT2D eigenvalue weighted by Gasteiger charge is -2.45. The van der Waals surface area contributed by atoms with Crippen molar-refractivity contribution in [3.8, 4) is 0 Å². The normalized spacial score (nSPS) is 23.6. The van der Waals surface area contributed by atoms with Gasteiger partial charge in [-0.1, -0.05) is 27.2 Å². The van der Waals surface area contributed by atoms with Crippen molar-refractivity contribution >= 4 is 5.91 Å². The van der Waals surface area contributed by atoms with Gasteiger partial charge >= 0.3 is 0 Å². The molecule has 0 atom stereocenters. The van der Waals surface area contributed by atoms with Crippen molar-refractivity contribution in [1.29, 1.82) is 0 Å². The fraction of sp³-hybridized carbons (Fsp3) is 0.938. The van der Waals surface area contributed by atoms with E-state index in [0.29, 0.717) is 17.7 Å². The van der Waals surface area contributed by atoms with E-state index >= 15 is 0 Å². The second-order valence-electron chi connectivity index (χ2n) is 7.36. The Labute approximate surface area is 118 Å². The zero-order chi connectivity index (χ0) is 13.9. The van der Waals surface area contributed by atoms with E-state index < -0.39 is 0 Å². The number of carbonyl (C=O) groups excluding carboxylic acids is 1. The van der Waals surface area contributed by atoms with Crippen molar-refractivity contribution in [2.24, 2.45) is 10.8 Å². The summed E-state index contributed by atoms with van der Waals surface area (Å²) in [5, 5.41) is 3.53. The average Bonchev–Trinajstić information content (AvgIpc) is 2.40. The van der Waals surface area contributed by atoms with Crippen molar-refractivity contribution < 1.29 is 4.79 Å². The molecular formula is C16H30N2O. The zero-order valence-electron chi connectivity index (χ0n) is 12.9. The molecule has 2 aliphatic rings. The third-order valence-electron chi connectivity index (χ3n) is 5.32. The summed E-state index contributed by atoms with van der Waals surface area (Å²) in [6.45, 7) is 10.8. The highest BCUT2D eigenvalue weighted by Gasteiger charge is 2.37. The average molecular weight is 266 g/mol. The number of likely N-dealkylation sites (tertiary alicyclic amines) is 1. The van der Waals surface area contributed by atoms with E-state index in [9.17, 15) is 4.79 Å². The second kappa shape index (κ2) is 5.82. The minimum Gasteiger partial charge on any atom is -0.343 e. The van der Waals surface area contributed by atoms with Crippen LogP contribution in [-0.4, -0.2) is 37.0 Å². The maximum atomic E-state index is 12.4. The van der Waals surface area contributed by atoms with Gasteiger partial charge in [0.1, 0.15) is 0 Å². The van der Waals surface area contributed by atoms with Crippen molar-refractivity contribution in [2.45, 2.75) is 59.3 Å². The van der Waals surface area contributed by atoms with E-state index in [1.807, 2.05) is 0 Å². The van der Waals surface area contributed by atoms with Crippen LogP contribution in [0.15, 0.2) is 0 Å². The summed E-state index contributed by atoms with van der Waals surface area (Å²) in [7, 11) is 0. The Morgan fingerprint density at radius 3 is 2.47 bits per heavy atom. The summed E-state index contributed by atoms with van der Waals surface area (Å²) in [5.41, 5.74) is 0.647. The van der Waals surface area contributed by atoms with E-state index in [2.05, 4.69) is 31.0 Å². The van der Waals surface area contributed by atoms with Gasteiger partial charge in [0, 0.05) is 26.1 Å². The summed E-state index contributed by atoms with van der Waals surface area (Å²) in [6, 6.07) is 0. The molecule has 0 saturated carbocycles. The molecule has 0 unspecified atom stereocenters. The molecule has 1 N–H and O–H groups in total. The standard InChI is InChI=1S/C16H30N2O/c1-4-15(2,3)12-14(19)18-10-7-16(8-11-18)6-5-9-17-13-16/h17H,4-13H2,1-3H3. The fourth-order valence-electron chi connectivity index (χ4n) is 3.33. The molecule has 2 rings (SSSR count). The van der Waals surface area contributed by atoms with Crippen molar-refractivity contribution in [2.75, 3.05) is 26.2 Å². The molecule has 1 spiro atoms. The van der Waals surface area contributed by atoms with Crippen LogP contribution >= 0.6 is 0 Å². The monoisotopic (exact) mass is 266 g/mol. The van der Waals surface area contributed by atoms with Crippen LogP contribution in [0.2, 0.25) is 0 Å². The zero-order valence-corrected chi connectivity index (χ0v) is 12.9. The second-order valence-corrected chi connectivity index (χ2v) is 7.36. The number of nitrogens with zero attached hydrogens (tertiary/aromatic N) is 1. The van der Waals surface area contributed by atoms with Crippen LogP contribution in [0.3, 0.4) is 0 Å².